The summed E-state index contributed by atoms with van der Waals surface area (Å²) in [4.78, 5) is 5.40. The van der Waals surface area contributed by atoms with E-state index in [1.54, 1.807) is 27.8 Å². The average Bonchev–Trinajstić information content (AvgIpc) is 2.30. The fourth-order valence-electron chi connectivity index (χ4n) is 0.977. The van der Waals surface area contributed by atoms with Gasteiger partial charge in [-0.05, 0) is 47.2 Å². The van der Waals surface area contributed by atoms with Crippen molar-refractivity contribution in [2.24, 2.45) is 0 Å². The van der Waals surface area contributed by atoms with Crippen LogP contribution >= 0.6 is 33.2 Å². The van der Waals surface area contributed by atoms with Crippen molar-refractivity contribution in [3.05, 3.63) is 53.7 Å². The van der Waals surface area contributed by atoms with E-state index in [4.69, 9.17) is 11.6 Å². The van der Waals surface area contributed by atoms with Crippen molar-refractivity contribution in [2.75, 3.05) is 0 Å². The molecule has 1 aromatic carbocycles. The van der Waals surface area contributed by atoms with Crippen LogP contribution in [0.3, 0.4) is 0 Å². The fraction of sp³-hybridized carbons (Fsp3) is 0. The Kier molecular flexibility index (Phi) is 3.94. The van der Waals surface area contributed by atoms with E-state index in [-0.39, 0.29) is 0 Å². The normalized spacial score (nSPS) is 10.2. The van der Waals surface area contributed by atoms with Gasteiger partial charge < -0.3 is 0 Å². The van der Waals surface area contributed by atoms with E-state index in [0.717, 1.165) is 10.0 Å². The number of pyridine rings is 1. The zero-order chi connectivity index (χ0) is 10.5. The quantitative estimate of drug-likeness (QED) is 0.746. The zero-order valence-electron chi connectivity index (χ0n) is 7.76. The van der Waals surface area contributed by atoms with Gasteiger partial charge in [-0.15, -0.1) is 0 Å². The van der Waals surface area contributed by atoms with Crippen molar-refractivity contribution < 1.29 is 0 Å². The monoisotopic (exact) mass is 253 g/mol. The first-order chi connectivity index (χ1) is 7.34. The van der Waals surface area contributed by atoms with E-state index in [1.807, 2.05) is 42.5 Å². The Morgan fingerprint density at radius 3 is 2.40 bits per heavy atom. The lowest BCUT2D eigenvalue weighted by atomic mass is 10.4. The van der Waals surface area contributed by atoms with Gasteiger partial charge in [0.15, 0.2) is 0 Å². The number of hydrogen-bond donors (Lipinski definition) is 0. The largest absolute Gasteiger partial charge is 0.249 e. The number of aromatic nitrogens is 1. The van der Waals surface area contributed by atoms with Gasteiger partial charge in [-0.2, -0.15) is 0 Å². The van der Waals surface area contributed by atoms with Crippen LogP contribution in [0.5, 0.6) is 0 Å². The summed E-state index contributed by atoms with van der Waals surface area (Å²) < 4.78 is 0. The van der Waals surface area contributed by atoms with Gasteiger partial charge in [-0.25, -0.2) is 4.98 Å². The molecule has 0 atom stereocenters. The predicted octanol–water partition coefficient (Wildman–Crippen LogP) is 4.53. The predicted molar refractivity (Wildman–Crippen MR) is 67.4 cm³/mol. The van der Waals surface area contributed by atoms with E-state index >= 15 is 0 Å². The van der Waals surface area contributed by atoms with Gasteiger partial charge in [0.25, 0.3) is 0 Å². The maximum Gasteiger partial charge on any atom is 0.107 e. The number of rotatable bonds is 3. The van der Waals surface area contributed by atoms with E-state index in [0.29, 0.717) is 0 Å². The molecule has 1 nitrogen and oxygen atoms in total. The summed E-state index contributed by atoms with van der Waals surface area (Å²) >= 11 is 5.80. The van der Waals surface area contributed by atoms with E-state index in [1.165, 1.54) is 4.90 Å². The fourth-order valence-corrected chi connectivity index (χ4v) is 2.94. The lowest BCUT2D eigenvalue weighted by molar-refractivity contribution is 1.14. The minimum absolute atomic E-state index is 0.766. The Hall–Kier alpha value is -0.640. The minimum Gasteiger partial charge on any atom is -0.249 e. The number of hydrogen-bond acceptors (Lipinski definition) is 3. The molecule has 1 aromatic heterocycles. The molecule has 0 amide bonds. The van der Waals surface area contributed by atoms with Crippen LogP contribution in [0.25, 0.3) is 0 Å². The maximum atomic E-state index is 5.80. The smallest absolute Gasteiger partial charge is 0.107 e. The Morgan fingerprint density at radius 1 is 0.933 bits per heavy atom. The van der Waals surface area contributed by atoms with Crippen LogP contribution < -0.4 is 0 Å². The number of nitrogens with zero attached hydrogens (tertiary/aromatic N) is 1. The Morgan fingerprint density at radius 2 is 1.73 bits per heavy atom. The molecule has 4 heteroatoms. The highest BCUT2D eigenvalue weighted by atomic mass is 35.5. The average molecular weight is 254 g/mol. The lowest BCUT2D eigenvalue weighted by Crippen LogP contribution is -1.73. The molecule has 0 aliphatic carbocycles. The van der Waals surface area contributed by atoms with Gasteiger partial charge in [0.05, 0.1) is 0 Å². The molecule has 0 aliphatic heterocycles. The van der Waals surface area contributed by atoms with Crippen molar-refractivity contribution >= 4 is 33.2 Å². The topological polar surface area (TPSA) is 12.9 Å². The van der Waals surface area contributed by atoms with Gasteiger partial charge in [0, 0.05) is 16.1 Å². The Labute approximate surface area is 102 Å². The van der Waals surface area contributed by atoms with Crippen LogP contribution in [0.2, 0.25) is 5.02 Å². The molecule has 0 N–H and O–H groups in total. The molecular formula is C11H8ClNS2. The number of halogens is 1. The molecule has 76 valence electrons. The van der Waals surface area contributed by atoms with Gasteiger partial charge in [-0.3, -0.25) is 0 Å². The first-order valence-corrected chi connectivity index (χ1v) is 6.88. The second kappa shape index (κ2) is 5.45. The Bertz CT molecular complexity index is 416. The summed E-state index contributed by atoms with van der Waals surface area (Å²) in [5.41, 5.74) is 0. The van der Waals surface area contributed by atoms with Crippen molar-refractivity contribution in [3.63, 3.8) is 0 Å². The molecule has 0 fully saturated rings. The van der Waals surface area contributed by atoms with Crippen LogP contribution in [-0.4, -0.2) is 4.98 Å². The summed E-state index contributed by atoms with van der Waals surface area (Å²) in [6.07, 6.45) is 1.80. The molecular weight excluding hydrogens is 246 g/mol. The maximum absolute atomic E-state index is 5.80. The highest BCUT2D eigenvalue weighted by molar-refractivity contribution is 8.76. The van der Waals surface area contributed by atoms with Crippen LogP contribution in [-0.2, 0) is 0 Å². The summed E-state index contributed by atoms with van der Waals surface area (Å²) in [7, 11) is 3.32. The second-order valence-electron chi connectivity index (χ2n) is 2.79. The third-order valence-corrected chi connectivity index (χ3v) is 4.23. The molecule has 0 saturated heterocycles. The molecule has 0 bridgehead atoms. The molecule has 2 aromatic rings. The van der Waals surface area contributed by atoms with Crippen LogP contribution in [0, 0.1) is 0 Å². The van der Waals surface area contributed by atoms with E-state index in [2.05, 4.69) is 4.98 Å². The third-order valence-electron chi connectivity index (χ3n) is 1.67. The summed E-state index contributed by atoms with van der Waals surface area (Å²) in [6, 6.07) is 13.7. The Balaban J connectivity index is 1.96. The highest BCUT2D eigenvalue weighted by Gasteiger charge is 1.97. The summed E-state index contributed by atoms with van der Waals surface area (Å²) in [5, 5.41) is 1.78. The summed E-state index contributed by atoms with van der Waals surface area (Å²) in [5.74, 6) is 0. The van der Waals surface area contributed by atoms with Crippen molar-refractivity contribution in [2.45, 2.75) is 9.92 Å². The zero-order valence-corrected chi connectivity index (χ0v) is 10.1. The minimum atomic E-state index is 0.766. The van der Waals surface area contributed by atoms with Crippen LogP contribution in [0.15, 0.2) is 58.6 Å². The van der Waals surface area contributed by atoms with Crippen LogP contribution in [0.1, 0.15) is 0 Å². The first kappa shape index (κ1) is 10.9. The molecule has 2 rings (SSSR count). The van der Waals surface area contributed by atoms with Gasteiger partial charge in [0.1, 0.15) is 5.03 Å². The van der Waals surface area contributed by atoms with Gasteiger partial charge in [-0.1, -0.05) is 28.5 Å². The SMILES string of the molecule is Clc1ccc(SSc2ccccn2)cc1. The molecule has 0 spiro atoms. The lowest BCUT2D eigenvalue weighted by Gasteiger charge is -1.99. The summed E-state index contributed by atoms with van der Waals surface area (Å²) in [6.45, 7) is 0. The van der Waals surface area contributed by atoms with Gasteiger partial charge in [0.2, 0.25) is 0 Å². The van der Waals surface area contributed by atoms with Crippen LogP contribution in [0.4, 0.5) is 0 Å². The van der Waals surface area contributed by atoms with Gasteiger partial charge >= 0.3 is 0 Å². The molecule has 0 aliphatic rings. The van der Waals surface area contributed by atoms with Crippen molar-refractivity contribution in [3.8, 4) is 0 Å². The molecule has 15 heavy (non-hydrogen) atoms. The third kappa shape index (κ3) is 3.45. The standard InChI is InChI=1S/C11H8ClNS2/c12-9-4-6-10(7-5-9)14-15-11-3-1-2-8-13-11/h1-8H. The molecule has 1 heterocycles. The highest BCUT2D eigenvalue weighted by Crippen LogP contribution is 2.36. The first-order valence-electron chi connectivity index (χ1n) is 4.36. The van der Waals surface area contributed by atoms with E-state index in [9.17, 15) is 0 Å². The second-order valence-corrected chi connectivity index (χ2v) is 5.45. The van der Waals surface area contributed by atoms with E-state index < -0.39 is 0 Å². The molecule has 0 unspecified atom stereocenters. The molecule has 0 saturated carbocycles. The van der Waals surface area contributed by atoms with Crippen molar-refractivity contribution in [1.29, 1.82) is 0 Å². The molecule has 0 radical (unpaired) electrons. The number of benzene rings is 1. The van der Waals surface area contributed by atoms with Crippen molar-refractivity contribution in [1.82, 2.24) is 4.98 Å².